The van der Waals surface area contributed by atoms with E-state index in [-0.39, 0.29) is 18.4 Å². The molecule has 0 saturated carbocycles. The molecule has 1 unspecified atom stereocenters. The van der Waals surface area contributed by atoms with E-state index in [1.807, 2.05) is 25.1 Å². The Labute approximate surface area is 206 Å². The molecule has 9 heteroatoms. The molecule has 2 amide bonds. The summed E-state index contributed by atoms with van der Waals surface area (Å²) in [5.41, 5.74) is 6.53. The van der Waals surface area contributed by atoms with Crippen molar-refractivity contribution in [2.24, 2.45) is 0 Å². The van der Waals surface area contributed by atoms with E-state index in [0.717, 1.165) is 70.6 Å². The highest BCUT2D eigenvalue weighted by Crippen LogP contribution is 2.43. The van der Waals surface area contributed by atoms with Gasteiger partial charge < -0.3 is 25.5 Å². The number of morpholine rings is 1. The highest BCUT2D eigenvalue weighted by Gasteiger charge is 2.33. The van der Waals surface area contributed by atoms with E-state index in [2.05, 4.69) is 36.4 Å². The number of allylic oxidation sites excluding steroid dienone is 1. The summed E-state index contributed by atoms with van der Waals surface area (Å²) < 4.78 is 6.26. The number of aliphatic hydroxyl groups is 1. The van der Waals surface area contributed by atoms with Gasteiger partial charge in [0, 0.05) is 53.3 Å². The number of H-pyrrole nitrogens is 1. The molecule has 1 atom stereocenters. The molecule has 34 heavy (non-hydrogen) atoms. The summed E-state index contributed by atoms with van der Waals surface area (Å²) in [5.74, 6) is -0.304. The summed E-state index contributed by atoms with van der Waals surface area (Å²) in [5, 5.41) is 16.3. The van der Waals surface area contributed by atoms with Crippen molar-refractivity contribution in [2.45, 2.75) is 32.3 Å². The predicted molar refractivity (Wildman–Crippen MR) is 134 cm³/mol. The fraction of sp³-hybridized carbons (Fsp3) is 0.440. The predicted octanol–water partition coefficient (Wildman–Crippen LogP) is 2.71. The molecule has 1 aromatic heterocycles. The number of hydrogen-bond acceptors (Lipinski definition) is 5. The first-order valence-corrected chi connectivity index (χ1v) is 12.5. The van der Waals surface area contributed by atoms with Crippen LogP contribution in [0, 0.1) is 6.92 Å². The van der Waals surface area contributed by atoms with E-state index >= 15 is 0 Å². The third kappa shape index (κ3) is 4.45. The Bertz CT molecular complexity index is 1170. The number of aromatic nitrogens is 1. The molecule has 1 aromatic carbocycles. The molecule has 2 aliphatic heterocycles. The minimum absolute atomic E-state index is 0.111. The van der Waals surface area contributed by atoms with Crippen molar-refractivity contribution in [1.29, 1.82) is 0 Å². The van der Waals surface area contributed by atoms with E-state index < -0.39 is 6.10 Å². The number of aromatic amines is 1. The van der Waals surface area contributed by atoms with Crippen molar-refractivity contribution in [3.63, 3.8) is 0 Å². The average molecular weight is 529 g/mol. The van der Waals surface area contributed by atoms with Gasteiger partial charge in [0.2, 0.25) is 0 Å². The van der Waals surface area contributed by atoms with Gasteiger partial charge in [0.25, 0.3) is 11.8 Å². The van der Waals surface area contributed by atoms with Gasteiger partial charge in [0.15, 0.2) is 0 Å². The highest BCUT2D eigenvalue weighted by molar-refractivity contribution is 9.10. The minimum atomic E-state index is -0.646. The summed E-state index contributed by atoms with van der Waals surface area (Å²) in [6, 6.07) is 5.77. The van der Waals surface area contributed by atoms with E-state index in [4.69, 9.17) is 4.74 Å². The number of rotatable bonds is 5. The summed E-state index contributed by atoms with van der Waals surface area (Å²) in [6.45, 7) is 5.51. The van der Waals surface area contributed by atoms with Gasteiger partial charge in [-0.05, 0) is 55.5 Å². The van der Waals surface area contributed by atoms with Crippen molar-refractivity contribution in [3.8, 4) is 0 Å². The van der Waals surface area contributed by atoms with Gasteiger partial charge in [-0.3, -0.25) is 14.5 Å². The Morgan fingerprint density at radius 1 is 1.29 bits per heavy atom. The van der Waals surface area contributed by atoms with Crippen LogP contribution in [0.2, 0.25) is 0 Å². The Morgan fingerprint density at radius 2 is 2.09 bits per heavy atom. The Hall–Kier alpha value is -2.46. The summed E-state index contributed by atoms with van der Waals surface area (Å²) in [6.07, 6.45) is 1.75. The molecule has 5 rings (SSSR count). The van der Waals surface area contributed by atoms with Crippen LogP contribution in [0.4, 0.5) is 5.69 Å². The number of benzene rings is 1. The summed E-state index contributed by atoms with van der Waals surface area (Å²) in [4.78, 5) is 31.6. The summed E-state index contributed by atoms with van der Waals surface area (Å²) >= 11 is 3.51. The number of nitrogens with one attached hydrogen (secondary N) is 3. The van der Waals surface area contributed by atoms with Gasteiger partial charge >= 0.3 is 0 Å². The van der Waals surface area contributed by atoms with Crippen molar-refractivity contribution >= 4 is 44.6 Å². The fourth-order valence-corrected chi connectivity index (χ4v) is 5.55. The van der Waals surface area contributed by atoms with Gasteiger partial charge in [0.05, 0.1) is 30.5 Å². The maximum atomic E-state index is 13.2. The van der Waals surface area contributed by atoms with Crippen LogP contribution in [0.15, 0.2) is 22.7 Å². The first-order chi connectivity index (χ1) is 16.4. The lowest BCUT2D eigenvalue weighted by Gasteiger charge is -2.28. The Kier molecular flexibility index (Phi) is 6.61. The number of nitrogens with zero attached hydrogens (tertiary/aromatic N) is 1. The molecule has 8 nitrogen and oxygen atoms in total. The molecule has 2 aromatic rings. The van der Waals surface area contributed by atoms with Crippen molar-refractivity contribution in [1.82, 2.24) is 15.2 Å². The topological polar surface area (TPSA) is 107 Å². The van der Waals surface area contributed by atoms with Crippen LogP contribution in [0.3, 0.4) is 0 Å². The van der Waals surface area contributed by atoms with Crippen LogP contribution >= 0.6 is 15.9 Å². The number of aliphatic hydroxyl groups excluding tert-OH is 1. The molecule has 0 bridgehead atoms. The molecule has 0 spiro atoms. The zero-order valence-corrected chi connectivity index (χ0v) is 20.8. The number of fused-ring (bicyclic) bond motifs is 2. The quantitative estimate of drug-likeness (QED) is 0.446. The fourth-order valence-electron chi connectivity index (χ4n) is 5.19. The average Bonchev–Trinajstić information content (AvgIpc) is 3.33. The second kappa shape index (κ2) is 9.65. The molecular formula is C25H29BrN4O4. The molecular weight excluding hydrogens is 500 g/mol. The van der Waals surface area contributed by atoms with Crippen LogP contribution in [0.1, 0.15) is 45.7 Å². The first-order valence-electron chi connectivity index (χ1n) is 11.7. The zero-order valence-electron chi connectivity index (χ0n) is 19.2. The molecule has 0 radical (unpaired) electrons. The number of amides is 2. The number of carbonyl (C=O) groups is 2. The lowest BCUT2D eigenvalue weighted by molar-refractivity contribution is -0.110. The maximum absolute atomic E-state index is 13.2. The SMILES string of the molecule is Cc1[nH]c2c(c1C(=O)NCC(O)CN1CCOCC1)CCCC2=C1C(=O)Nc2ccc(Br)cc21. The molecule has 3 heterocycles. The van der Waals surface area contributed by atoms with Gasteiger partial charge in [-0.25, -0.2) is 0 Å². The lowest BCUT2D eigenvalue weighted by Crippen LogP contribution is -2.44. The second-order valence-corrected chi connectivity index (χ2v) is 10.0. The van der Waals surface area contributed by atoms with Crippen LogP contribution in [0.5, 0.6) is 0 Å². The molecule has 180 valence electrons. The first kappa shape index (κ1) is 23.3. The van der Waals surface area contributed by atoms with E-state index in [9.17, 15) is 14.7 Å². The number of halogens is 1. The number of carbonyl (C=O) groups excluding carboxylic acids is 2. The summed E-state index contributed by atoms with van der Waals surface area (Å²) in [7, 11) is 0. The Morgan fingerprint density at radius 3 is 2.88 bits per heavy atom. The van der Waals surface area contributed by atoms with Crippen molar-refractivity contribution in [2.75, 3.05) is 44.7 Å². The number of aryl methyl sites for hydroxylation is 1. The monoisotopic (exact) mass is 528 g/mol. The maximum Gasteiger partial charge on any atom is 0.256 e. The molecule has 4 N–H and O–H groups in total. The third-order valence-corrected chi connectivity index (χ3v) is 7.27. The van der Waals surface area contributed by atoms with Crippen LogP contribution in [-0.4, -0.2) is 72.3 Å². The minimum Gasteiger partial charge on any atom is -0.390 e. The second-order valence-electron chi connectivity index (χ2n) is 9.11. The molecule has 3 aliphatic rings. The largest absolute Gasteiger partial charge is 0.390 e. The van der Waals surface area contributed by atoms with Crippen molar-refractivity contribution < 1.29 is 19.4 Å². The number of β-amino-alcohol motifs (C(OH)–C–C–N with tert-alkyl or cyclic N) is 1. The Balaban J connectivity index is 1.38. The van der Waals surface area contributed by atoms with Gasteiger partial charge in [-0.15, -0.1) is 0 Å². The van der Waals surface area contributed by atoms with E-state index in [0.29, 0.717) is 30.9 Å². The van der Waals surface area contributed by atoms with E-state index in [1.54, 1.807) is 0 Å². The normalized spacial score (nSPS) is 21.1. The van der Waals surface area contributed by atoms with Crippen LogP contribution in [0.25, 0.3) is 11.1 Å². The zero-order chi connectivity index (χ0) is 23.8. The standard InChI is InChI=1S/C25H29BrN4O4/c1-14-21(24(32)27-12-16(31)13-30-7-9-34-10-8-30)17-3-2-4-18(23(17)28-14)22-19-11-15(26)5-6-20(19)29-25(22)33/h5-6,11,16,28,31H,2-4,7-10,12-13H2,1H3,(H,27,32)(H,29,33). The molecule has 1 aliphatic carbocycles. The van der Waals surface area contributed by atoms with Crippen LogP contribution < -0.4 is 10.6 Å². The smallest absolute Gasteiger partial charge is 0.256 e. The number of hydrogen-bond donors (Lipinski definition) is 4. The van der Waals surface area contributed by atoms with Crippen LogP contribution in [-0.2, 0) is 16.0 Å². The number of anilines is 1. The molecule has 1 saturated heterocycles. The lowest BCUT2D eigenvalue weighted by atomic mass is 9.86. The van der Waals surface area contributed by atoms with E-state index in [1.165, 1.54) is 0 Å². The van der Waals surface area contributed by atoms with Gasteiger partial charge in [-0.2, -0.15) is 0 Å². The third-order valence-electron chi connectivity index (χ3n) is 6.77. The molecule has 1 fully saturated rings. The highest BCUT2D eigenvalue weighted by atomic mass is 79.9. The number of ether oxygens (including phenoxy) is 1. The van der Waals surface area contributed by atoms with Crippen molar-refractivity contribution in [3.05, 3.63) is 50.8 Å². The van der Waals surface area contributed by atoms with Gasteiger partial charge in [0.1, 0.15) is 0 Å². The van der Waals surface area contributed by atoms with Gasteiger partial charge in [-0.1, -0.05) is 15.9 Å².